The van der Waals surface area contributed by atoms with Gasteiger partial charge in [-0.2, -0.15) is 5.10 Å². The van der Waals surface area contributed by atoms with Gasteiger partial charge in [-0.15, -0.1) is 0 Å². The van der Waals surface area contributed by atoms with Gasteiger partial charge in [-0.3, -0.25) is 14.9 Å². The summed E-state index contributed by atoms with van der Waals surface area (Å²) in [6, 6.07) is 5.17. The maximum absolute atomic E-state index is 11.4. The highest BCUT2D eigenvalue weighted by atomic mass is 16.6. The molecule has 0 saturated heterocycles. The second-order valence-corrected chi connectivity index (χ2v) is 3.60. The lowest BCUT2D eigenvalue weighted by Gasteiger charge is -2.03. The van der Waals surface area contributed by atoms with E-state index in [-0.39, 0.29) is 11.3 Å². The van der Waals surface area contributed by atoms with Gasteiger partial charge in [-0.05, 0) is 17.7 Å². The number of benzene rings is 1. The number of rotatable bonds is 3. The van der Waals surface area contributed by atoms with Crippen molar-refractivity contribution >= 4 is 11.7 Å². The summed E-state index contributed by atoms with van der Waals surface area (Å²) in [5.74, 6) is -1.39. The topological polar surface area (TPSA) is 126 Å². The molecule has 0 amide bonds. The average molecular weight is 261 g/mol. The Morgan fingerprint density at radius 3 is 2.47 bits per heavy atom. The van der Waals surface area contributed by atoms with Crippen molar-refractivity contribution < 1.29 is 14.8 Å². The third-order valence-electron chi connectivity index (χ3n) is 2.46. The van der Waals surface area contributed by atoms with E-state index in [1.54, 1.807) is 0 Å². The fourth-order valence-electron chi connectivity index (χ4n) is 1.59. The molecule has 0 fully saturated rings. The first kappa shape index (κ1) is 12.4. The summed E-state index contributed by atoms with van der Waals surface area (Å²) >= 11 is 0. The van der Waals surface area contributed by atoms with Gasteiger partial charge in [0.2, 0.25) is 0 Å². The summed E-state index contributed by atoms with van der Waals surface area (Å²) in [6.45, 7) is 0. The van der Waals surface area contributed by atoms with E-state index >= 15 is 0 Å². The first-order chi connectivity index (χ1) is 9.00. The Balaban J connectivity index is 2.59. The average Bonchev–Trinajstić information content (AvgIpc) is 2.38. The number of aromatic carboxylic acids is 1. The minimum absolute atomic E-state index is 0.103. The van der Waals surface area contributed by atoms with Crippen molar-refractivity contribution in [3.63, 3.8) is 0 Å². The standard InChI is InChI=1S/C11H7N3O5/c15-10-9(11(16)17)8(5-12-13-10)6-1-3-7(4-2-6)14(18)19/h1-5H,(H,13,15)(H,16,17). The zero-order valence-corrected chi connectivity index (χ0v) is 9.36. The molecule has 8 nitrogen and oxygen atoms in total. The Bertz CT molecular complexity index is 705. The Morgan fingerprint density at radius 2 is 1.95 bits per heavy atom. The minimum Gasteiger partial charge on any atom is -0.477 e. The molecule has 96 valence electrons. The predicted molar refractivity (Wildman–Crippen MR) is 63.9 cm³/mol. The summed E-state index contributed by atoms with van der Waals surface area (Å²) in [6.07, 6.45) is 1.19. The molecule has 1 aromatic heterocycles. The molecule has 1 heterocycles. The van der Waals surface area contributed by atoms with Gasteiger partial charge in [0.1, 0.15) is 5.56 Å². The summed E-state index contributed by atoms with van der Waals surface area (Å²) in [5, 5.41) is 25.1. The summed E-state index contributed by atoms with van der Waals surface area (Å²) in [5.41, 5.74) is -0.946. The Hall–Kier alpha value is -3.03. The minimum atomic E-state index is -1.39. The van der Waals surface area contributed by atoms with Crippen LogP contribution in [0.3, 0.4) is 0 Å². The largest absolute Gasteiger partial charge is 0.477 e. The summed E-state index contributed by atoms with van der Waals surface area (Å²) < 4.78 is 0. The number of hydrogen-bond acceptors (Lipinski definition) is 5. The molecule has 0 spiro atoms. The third-order valence-corrected chi connectivity index (χ3v) is 2.46. The number of nitrogens with one attached hydrogen (secondary N) is 1. The predicted octanol–water partition coefficient (Wildman–Crippen LogP) is 1.04. The zero-order valence-electron chi connectivity index (χ0n) is 9.36. The number of aromatic nitrogens is 2. The van der Waals surface area contributed by atoms with E-state index in [0.717, 1.165) is 0 Å². The fourth-order valence-corrected chi connectivity index (χ4v) is 1.59. The third kappa shape index (κ3) is 2.32. The molecule has 2 aromatic rings. The second kappa shape index (κ2) is 4.69. The smallest absolute Gasteiger partial charge is 0.342 e. The van der Waals surface area contributed by atoms with E-state index in [2.05, 4.69) is 5.10 Å². The van der Waals surface area contributed by atoms with Crippen LogP contribution in [-0.2, 0) is 0 Å². The molecule has 0 aliphatic carbocycles. The van der Waals surface area contributed by atoms with E-state index in [0.29, 0.717) is 5.56 Å². The number of nitrogens with zero attached hydrogens (tertiary/aromatic N) is 2. The SMILES string of the molecule is O=C(O)c1c(-c2ccc([N+](=O)[O-])cc2)cn[nH]c1=O. The fraction of sp³-hybridized carbons (Fsp3) is 0. The van der Waals surface area contributed by atoms with Gasteiger partial charge < -0.3 is 5.11 Å². The molecule has 0 radical (unpaired) electrons. The lowest BCUT2D eigenvalue weighted by atomic mass is 10.0. The Kier molecular flexibility index (Phi) is 3.06. The highest BCUT2D eigenvalue weighted by molar-refractivity contribution is 5.95. The van der Waals surface area contributed by atoms with Crippen LogP contribution in [0.1, 0.15) is 10.4 Å². The van der Waals surface area contributed by atoms with Crippen molar-refractivity contribution in [2.24, 2.45) is 0 Å². The molecule has 0 saturated carbocycles. The highest BCUT2D eigenvalue weighted by Crippen LogP contribution is 2.23. The van der Waals surface area contributed by atoms with Crippen LogP contribution in [0, 0.1) is 10.1 Å². The van der Waals surface area contributed by atoms with Gasteiger partial charge in [0.25, 0.3) is 11.2 Å². The molecule has 0 bridgehead atoms. The molecule has 0 unspecified atom stereocenters. The number of nitro groups is 1. The number of nitro benzene ring substituents is 1. The monoisotopic (exact) mass is 261 g/mol. The van der Waals surface area contributed by atoms with Crippen LogP contribution < -0.4 is 5.56 Å². The van der Waals surface area contributed by atoms with Crippen LogP contribution in [-0.4, -0.2) is 26.2 Å². The molecule has 8 heteroatoms. The maximum atomic E-state index is 11.4. The Labute approximate surface area is 105 Å². The molecular formula is C11H7N3O5. The second-order valence-electron chi connectivity index (χ2n) is 3.60. The molecule has 1 aromatic carbocycles. The van der Waals surface area contributed by atoms with Gasteiger partial charge in [-0.1, -0.05) is 0 Å². The highest BCUT2D eigenvalue weighted by Gasteiger charge is 2.17. The first-order valence-corrected chi connectivity index (χ1v) is 5.06. The number of carboxylic acids is 1. The van der Waals surface area contributed by atoms with Crippen molar-refractivity contribution in [2.45, 2.75) is 0 Å². The molecule has 0 atom stereocenters. The van der Waals surface area contributed by atoms with Gasteiger partial charge in [0, 0.05) is 17.7 Å². The van der Waals surface area contributed by atoms with E-state index in [1.165, 1.54) is 30.5 Å². The van der Waals surface area contributed by atoms with E-state index < -0.39 is 22.0 Å². The molecular weight excluding hydrogens is 254 g/mol. The number of non-ortho nitro benzene ring substituents is 1. The van der Waals surface area contributed by atoms with Crippen molar-refractivity contribution in [3.05, 3.63) is 56.5 Å². The normalized spacial score (nSPS) is 10.1. The van der Waals surface area contributed by atoms with E-state index in [1.807, 2.05) is 5.10 Å². The van der Waals surface area contributed by atoms with Crippen LogP contribution in [0.2, 0.25) is 0 Å². The van der Waals surface area contributed by atoms with Crippen LogP contribution >= 0.6 is 0 Å². The number of hydrogen-bond donors (Lipinski definition) is 2. The quantitative estimate of drug-likeness (QED) is 0.627. The first-order valence-electron chi connectivity index (χ1n) is 5.06. The molecule has 0 aliphatic heterocycles. The molecule has 0 aliphatic rings. The maximum Gasteiger partial charge on any atom is 0.342 e. The van der Waals surface area contributed by atoms with Crippen molar-refractivity contribution in [2.75, 3.05) is 0 Å². The van der Waals surface area contributed by atoms with Crippen molar-refractivity contribution in [1.82, 2.24) is 10.2 Å². The summed E-state index contributed by atoms with van der Waals surface area (Å²) in [4.78, 5) is 32.4. The van der Waals surface area contributed by atoms with E-state index in [4.69, 9.17) is 5.11 Å². The molecule has 19 heavy (non-hydrogen) atoms. The molecule has 2 N–H and O–H groups in total. The van der Waals surface area contributed by atoms with Crippen LogP contribution in [0.15, 0.2) is 35.3 Å². The van der Waals surface area contributed by atoms with Gasteiger partial charge in [0.05, 0.1) is 11.1 Å². The van der Waals surface area contributed by atoms with Crippen LogP contribution in [0.4, 0.5) is 5.69 Å². The van der Waals surface area contributed by atoms with Crippen molar-refractivity contribution in [3.8, 4) is 11.1 Å². The number of carbonyl (C=O) groups is 1. The molecule has 2 rings (SSSR count). The lowest BCUT2D eigenvalue weighted by molar-refractivity contribution is -0.384. The van der Waals surface area contributed by atoms with Gasteiger partial charge >= 0.3 is 5.97 Å². The number of aromatic amines is 1. The number of carboxylic acid groups (broad SMARTS) is 1. The van der Waals surface area contributed by atoms with Crippen LogP contribution in [0.5, 0.6) is 0 Å². The van der Waals surface area contributed by atoms with Gasteiger partial charge in [0.15, 0.2) is 0 Å². The summed E-state index contributed by atoms with van der Waals surface area (Å²) in [7, 11) is 0. The lowest BCUT2D eigenvalue weighted by Crippen LogP contribution is -2.19. The Morgan fingerprint density at radius 1 is 1.32 bits per heavy atom. The van der Waals surface area contributed by atoms with E-state index in [9.17, 15) is 19.7 Å². The van der Waals surface area contributed by atoms with Crippen LogP contribution in [0.25, 0.3) is 11.1 Å². The number of H-pyrrole nitrogens is 1. The van der Waals surface area contributed by atoms with Crippen molar-refractivity contribution in [1.29, 1.82) is 0 Å². The zero-order chi connectivity index (χ0) is 14.0. The van der Waals surface area contributed by atoms with Gasteiger partial charge in [-0.25, -0.2) is 9.89 Å².